The highest BCUT2D eigenvalue weighted by Gasteiger charge is 2.25. The SMILES string of the molecule is CN1CCNCC1c1noc(Cn2cc3ccccc3n2)n1.Cl. The number of benzene rings is 1. The van der Waals surface area contributed by atoms with Crippen molar-refractivity contribution in [2.45, 2.75) is 12.6 Å². The second-order valence-corrected chi connectivity index (χ2v) is 5.63. The molecule has 1 unspecified atom stereocenters. The van der Waals surface area contributed by atoms with Gasteiger partial charge in [0.15, 0.2) is 5.82 Å². The molecule has 0 aliphatic carbocycles. The van der Waals surface area contributed by atoms with Crippen molar-refractivity contribution in [3.05, 3.63) is 42.2 Å². The van der Waals surface area contributed by atoms with Crippen LogP contribution in [-0.2, 0) is 6.54 Å². The molecule has 0 amide bonds. The lowest BCUT2D eigenvalue weighted by atomic mass is 10.2. The van der Waals surface area contributed by atoms with Gasteiger partial charge in [-0.2, -0.15) is 10.1 Å². The molecule has 0 saturated carbocycles. The van der Waals surface area contributed by atoms with Crippen molar-refractivity contribution in [1.29, 1.82) is 0 Å². The van der Waals surface area contributed by atoms with Crippen LogP contribution in [0.1, 0.15) is 17.8 Å². The fraction of sp³-hybridized carbons (Fsp3) is 0.400. The van der Waals surface area contributed by atoms with Gasteiger partial charge >= 0.3 is 0 Å². The normalized spacial score (nSPS) is 18.9. The number of halogens is 1. The number of hydrogen-bond donors (Lipinski definition) is 1. The number of piperazine rings is 1. The van der Waals surface area contributed by atoms with E-state index in [-0.39, 0.29) is 18.4 Å². The van der Waals surface area contributed by atoms with Crippen LogP contribution < -0.4 is 5.32 Å². The molecule has 0 radical (unpaired) electrons. The van der Waals surface area contributed by atoms with E-state index in [2.05, 4.69) is 32.5 Å². The van der Waals surface area contributed by atoms with Crippen molar-refractivity contribution in [2.24, 2.45) is 0 Å². The molecule has 122 valence electrons. The van der Waals surface area contributed by atoms with Gasteiger partial charge < -0.3 is 9.84 Å². The number of likely N-dealkylation sites (N-methyl/N-ethyl adjacent to an activating group) is 1. The topological polar surface area (TPSA) is 72.0 Å². The van der Waals surface area contributed by atoms with Crippen LogP contribution in [0.4, 0.5) is 0 Å². The summed E-state index contributed by atoms with van der Waals surface area (Å²) in [5, 5.41) is 13.1. The molecule has 3 aromatic rings. The first-order valence-corrected chi connectivity index (χ1v) is 7.45. The quantitative estimate of drug-likeness (QED) is 0.782. The summed E-state index contributed by atoms with van der Waals surface area (Å²) in [6, 6.07) is 8.19. The third-order valence-corrected chi connectivity index (χ3v) is 4.05. The molecule has 1 aromatic carbocycles. The first kappa shape index (κ1) is 15.9. The Hall–Kier alpha value is -1.96. The van der Waals surface area contributed by atoms with E-state index < -0.39 is 0 Å². The maximum Gasteiger partial charge on any atom is 0.248 e. The van der Waals surface area contributed by atoms with Crippen LogP contribution in [0.2, 0.25) is 0 Å². The summed E-state index contributed by atoms with van der Waals surface area (Å²) in [5.41, 5.74) is 0.971. The predicted molar refractivity (Wildman–Crippen MR) is 88.6 cm³/mol. The van der Waals surface area contributed by atoms with Gasteiger partial charge in [0.2, 0.25) is 5.89 Å². The van der Waals surface area contributed by atoms with Gasteiger partial charge in [-0.25, -0.2) is 0 Å². The molecule has 7 nitrogen and oxygen atoms in total. The Kier molecular flexibility index (Phi) is 4.61. The molecule has 23 heavy (non-hydrogen) atoms. The van der Waals surface area contributed by atoms with Gasteiger partial charge in [-0.3, -0.25) is 9.58 Å². The fourth-order valence-electron chi connectivity index (χ4n) is 2.80. The number of nitrogens with one attached hydrogen (secondary N) is 1. The Bertz CT molecular complexity index is 752. The Labute approximate surface area is 140 Å². The largest absolute Gasteiger partial charge is 0.337 e. The summed E-state index contributed by atoms with van der Waals surface area (Å²) < 4.78 is 7.23. The van der Waals surface area contributed by atoms with E-state index >= 15 is 0 Å². The van der Waals surface area contributed by atoms with E-state index in [1.54, 1.807) is 0 Å². The smallest absolute Gasteiger partial charge is 0.248 e. The first-order chi connectivity index (χ1) is 10.8. The van der Waals surface area contributed by atoms with Gasteiger partial charge in [-0.15, -0.1) is 12.4 Å². The number of rotatable bonds is 3. The molecule has 1 atom stereocenters. The van der Waals surface area contributed by atoms with Crippen molar-refractivity contribution < 1.29 is 4.52 Å². The van der Waals surface area contributed by atoms with Gasteiger partial charge in [-0.05, 0) is 13.1 Å². The lowest BCUT2D eigenvalue weighted by Gasteiger charge is -2.30. The molecule has 1 fully saturated rings. The number of hydrogen-bond acceptors (Lipinski definition) is 6. The van der Waals surface area contributed by atoms with Gasteiger partial charge in [-0.1, -0.05) is 23.4 Å². The average Bonchev–Trinajstić information content (AvgIpc) is 3.14. The molecule has 0 spiro atoms. The zero-order valence-electron chi connectivity index (χ0n) is 12.8. The van der Waals surface area contributed by atoms with Crippen molar-refractivity contribution in [2.75, 3.05) is 26.7 Å². The van der Waals surface area contributed by atoms with E-state index in [9.17, 15) is 0 Å². The highest BCUT2D eigenvalue weighted by atomic mass is 35.5. The first-order valence-electron chi connectivity index (χ1n) is 7.45. The molecule has 2 aromatic heterocycles. The van der Waals surface area contributed by atoms with Crippen molar-refractivity contribution >= 4 is 23.3 Å². The zero-order chi connectivity index (χ0) is 14.9. The van der Waals surface area contributed by atoms with Gasteiger partial charge in [0.25, 0.3) is 0 Å². The van der Waals surface area contributed by atoms with Crippen molar-refractivity contribution in [1.82, 2.24) is 30.1 Å². The van der Waals surface area contributed by atoms with Crippen LogP contribution in [0.15, 0.2) is 35.0 Å². The third-order valence-electron chi connectivity index (χ3n) is 4.05. The fourth-order valence-corrected chi connectivity index (χ4v) is 2.80. The zero-order valence-corrected chi connectivity index (χ0v) is 13.7. The van der Waals surface area contributed by atoms with Crippen molar-refractivity contribution in [3.8, 4) is 0 Å². The maximum absolute atomic E-state index is 5.39. The van der Waals surface area contributed by atoms with Crippen LogP contribution in [0.3, 0.4) is 0 Å². The summed E-state index contributed by atoms with van der Waals surface area (Å²) >= 11 is 0. The molecular weight excluding hydrogens is 316 g/mol. The minimum Gasteiger partial charge on any atom is -0.337 e. The highest BCUT2D eigenvalue weighted by molar-refractivity contribution is 5.85. The van der Waals surface area contributed by atoms with Crippen LogP contribution in [0, 0.1) is 0 Å². The average molecular weight is 335 g/mol. The van der Waals surface area contributed by atoms with E-state index in [1.165, 1.54) is 0 Å². The molecule has 8 heteroatoms. The van der Waals surface area contributed by atoms with E-state index in [4.69, 9.17) is 4.52 Å². The van der Waals surface area contributed by atoms with E-state index in [0.29, 0.717) is 12.4 Å². The lowest BCUT2D eigenvalue weighted by Crippen LogP contribution is -2.44. The molecule has 1 N–H and O–H groups in total. The van der Waals surface area contributed by atoms with E-state index in [1.807, 2.05) is 35.1 Å². The van der Waals surface area contributed by atoms with Crippen LogP contribution >= 0.6 is 12.4 Å². The summed E-state index contributed by atoms with van der Waals surface area (Å²) in [5.74, 6) is 1.32. The van der Waals surface area contributed by atoms with Crippen LogP contribution in [0.5, 0.6) is 0 Å². The minimum atomic E-state index is 0. The second kappa shape index (κ2) is 6.66. The van der Waals surface area contributed by atoms with Crippen LogP contribution in [-0.4, -0.2) is 51.5 Å². The lowest BCUT2D eigenvalue weighted by molar-refractivity contribution is 0.190. The molecule has 3 heterocycles. The second-order valence-electron chi connectivity index (χ2n) is 5.63. The summed E-state index contributed by atoms with van der Waals surface area (Å²) in [4.78, 5) is 6.77. The highest BCUT2D eigenvalue weighted by Crippen LogP contribution is 2.18. The maximum atomic E-state index is 5.39. The summed E-state index contributed by atoms with van der Waals surface area (Å²) in [6.07, 6.45) is 1.99. The van der Waals surface area contributed by atoms with E-state index in [0.717, 1.165) is 36.4 Å². The molecular formula is C15H19ClN6O. The van der Waals surface area contributed by atoms with Gasteiger partial charge in [0.1, 0.15) is 6.54 Å². The molecule has 1 saturated heterocycles. The summed E-state index contributed by atoms with van der Waals surface area (Å²) in [7, 11) is 2.09. The minimum absolute atomic E-state index is 0. The van der Waals surface area contributed by atoms with Gasteiger partial charge in [0.05, 0.1) is 11.6 Å². The predicted octanol–water partition coefficient (Wildman–Crippen LogP) is 1.47. The number of fused-ring (bicyclic) bond motifs is 1. The van der Waals surface area contributed by atoms with Crippen LogP contribution in [0.25, 0.3) is 10.9 Å². The Morgan fingerprint density at radius 3 is 3.04 bits per heavy atom. The summed E-state index contributed by atoms with van der Waals surface area (Å²) in [6.45, 7) is 3.32. The molecule has 4 rings (SSSR count). The number of nitrogens with zero attached hydrogens (tertiary/aromatic N) is 5. The monoisotopic (exact) mass is 334 g/mol. The Morgan fingerprint density at radius 1 is 1.35 bits per heavy atom. The standard InChI is InChI=1S/C15H18N6O.ClH/c1-20-7-6-16-8-13(20)15-17-14(22-19-15)10-21-9-11-4-2-3-5-12(11)18-21;/h2-5,9,13,16H,6-8,10H2,1H3;1H. The molecule has 1 aliphatic heterocycles. The Morgan fingerprint density at radius 2 is 2.22 bits per heavy atom. The van der Waals surface area contributed by atoms with Gasteiger partial charge in [0, 0.05) is 31.2 Å². The Balaban J connectivity index is 0.00000156. The molecule has 0 bridgehead atoms. The third kappa shape index (κ3) is 3.21. The molecule has 1 aliphatic rings. The van der Waals surface area contributed by atoms with Crippen molar-refractivity contribution in [3.63, 3.8) is 0 Å². The number of aromatic nitrogens is 4.